The van der Waals surface area contributed by atoms with E-state index in [0.29, 0.717) is 62.4 Å². The number of hydrogen-bond acceptors (Lipinski definition) is 11. The number of hydrogen-bond donors (Lipinski definition) is 1. The van der Waals surface area contributed by atoms with Crippen LogP contribution < -0.4 is 19.3 Å². The van der Waals surface area contributed by atoms with Crippen molar-refractivity contribution in [2.75, 3.05) is 12.9 Å². The Bertz CT molecular complexity index is 1630. The zero-order valence-electron chi connectivity index (χ0n) is 26.0. The molecule has 1 atom stereocenters. The van der Waals surface area contributed by atoms with Crippen molar-refractivity contribution in [2.45, 2.75) is 71.5 Å². The molecule has 1 N–H and O–H groups in total. The Kier molecular flexibility index (Phi) is 9.50. The lowest BCUT2D eigenvalue weighted by Gasteiger charge is -2.37. The third-order valence-corrected chi connectivity index (χ3v) is 12.8. The van der Waals surface area contributed by atoms with Gasteiger partial charge in [0.1, 0.15) is 28.6 Å². The van der Waals surface area contributed by atoms with Crippen LogP contribution in [0.2, 0.25) is 18.1 Å². The number of amides is 1. The molecule has 4 rings (SSSR count). The van der Waals surface area contributed by atoms with Crippen LogP contribution >= 0.6 is 11.8 Å². The summed E-state index contributed by atoms with van der Waals surface area (Å²) in [4.78, 5) is 37.1. The Morgan fingerprint density at radius 3 is 2.51 bits per heavy atom. The van der Waals surface area contributed by atoms with Crippen LogP contribution in [0.1, 0.15) is 66.9 Å². The highest BCUT2D eigenvalue weighted by Crippen LogP contribution is 2.42. The molecule has 0 saturated heterocycles. The van der Waals surface area contributed by atoms with E-state index in [0.717, 1.165) is 4.85 Å². The summed E-state index contributed by atoms with van der Waals surface area (Å²) < 4.78 is 17.8. The van der Waals surface area contributed by atoms with Crippen molar-refractivity contribution in [3.05, 3.63) is 58.7 Å². The number of nitrogens with one attached hydrogen (secondary N) is 1. The summed E-state index contributed by atoms with van der Waals surface area (Å²) in [5.41, 5.74) is 2.70. The van der Waals surface area contributed by atoms with Crippen molar-refractivity contribution in [1.29, 1.82) is 0 Å². The van der Waals surface area contributed by atoms with Crippen LogP contribution in [0.5, 0.6) is 11.5 Å². The van der Waals surface area contributed by atoms with Gasteiger partial charge >= 0.3 is 5.97 Å². The van der Waals surface area contributed by atoms with E-state index in [1.165, 1.54) is 18.7 Å². The number of aromatic nitrogens is 5. The maximum Gasteiger partial charge on any atom is 0.366 e. The Labute approximate surface area is 255 Å². The quantitative estimate of drug-likeness (QED) is 0.173. The third-order valence-electron chi connectivity index (χ3n) is 7.44. The molecule has 4 aromatic rings. The molecule has 43 heavy (non-hydrogen) atoms. The fourth-order valence-corrected chi connectivity index (χ4v) is 6.24. The van der Waals surface area contributed by atoms with Crippen molar-refractivity contribution in [3.8, 4) is 11.5 Å². The van der Waals surface area contributed by atoms with E-state index in [1.807, 2.05) is 18.2 Å². The second-order valence-electron chi connectivity index (χ2n) is 11.7. The van der Waals surface area contributed by atoms with Gasteiger partial charge in [0.2, 0.25) is 20.1 Å². The predicted molar refractivity (Wildman–Crippen MR) is 166 cm³/mol. The van der Waals surface area contributed by atoms with Crippen molar-refractivity contribution >= 4 is 43.0 Å². The van der Waals surface area contributed by atoms with Crippen LogP contribution in [0.4, 0.5) is 0 Å². The summed E-state index contributed by atoms with van der Waals surface area (Å²) in [5.74, 6) is 1.70. The van der Waals surface area contributed by atoms with Crippen LogP contribution in [0, 0.1) is 13.8 Å². The molecule has 0 aliphatic rings. The first-order valence-corrected chi connectivity index (χ1v) is 17.9. The number of methoxy groups -OCH3 is 1. The molecule has 0 aliphatic carbocycles. The minimum atomic E-state index is -2.35. The van der Waals surface area contributed by atoms with Gasteiger partial charge in [0.15, 0.2) is 5.82 Å². The molecule has 0 unspecified atom stereocenters. The van der Waals surface area contributed by atoms with Gasteiger partial charge in [-0.3, -0.25) is 4.79 Å². The molecule has 2 heterocycles. The van der Waals surface area contributed by atoms with Crippen LogP contribution in [-0.4, -0.2) is 58.4 Å². The normalized spacial score (nSPS) is 12.7. The molecule has 0 aliphatic heterocycles. The number of ether oxygens (including phenoxy) is 1. The summed E-state index contributed by atoms with van der Waals surface area (Å²) in [7, 11) is -0.802. The van der Waals surface area contributed by atoms with E-state index in [4.69, 9.17) is 18.5 Å². The number of para-hydroxylation sites is 1. The van der Waals surface area contributed by atoms with Crippen LogP contribution in [0.15, 0.2) is 34.9 Å². The van der Waals surface area contributed by atoms with Crippen LogP contribution in [-0.2, 0) is 10.5 Å². The monoisotopic (exact) mass is 626 g/mol. The van der Waals surface area contributed by atoms with Crippen LogP contribution in [0.3, 0.4) is 0 Å². The minimum absolute atomic E-state index is 0.109. The fraction of sp³-hybridized carbons (Fsp3) is 0.448. The van der Waals surface area contributed by atoms with E-state index in [1.54, 1.807) is 33.1 Å². The Balaban J connectivity index is 1.75. The number of thioether (sulfide) groups is 1. The number of aryl methyl sites for hydroxylation is 1. The Morgan fingerprint density at radius 2 is 1.88 bits per heavy atom. The first-order chi connectivity index (χ1) is 20.2. The molecule has 230 valence electrons. The molecular weight excluding hydrogens is 589 g/mol. The van der Waals surface area contributed by atoms with Gasteiger partial charge in [-0.15, -0.1) is 5.10 Å². The minimum Gasteiger partial charge on any atom is -0.543 e. The summed E-state index contributed by atoms with van der Waals surface area (Å²) in [5, 5.41) is 14.7. The van der Waals surface area contributed by atoms with E-state index in [9.17, 15) is 9.59 Å². The van der Waals surface area contributed by atoms with Gasteiger partial charge in [-0.2, -0.15) is 16.7 Å². The molecule has 2 aromatic heterocycles. The van der Waals surface area contributed by atoms with Gasteiger partial charge in [0.05, 0.1) is 12.7 Å². The summed E-state index contributed by atoms with van der Waals surface area (Å²) in [6, 6.07) is 8.51. The topological polar surface area (TPSA) is 143 Å². The molecule has 2 aromatic carbocycles. The maximum atomic E-state index is 13.9. The molecule has 1 amide bonds. The summed E-state index contributed by atoms with van der Waals surface area (Å²) in [6.45, 7) is 15.7. The molecule has 0 bridgehead atoms. The highest BCUT2D eigenvalue weighted by atomic mass is 32.2. The first kappa shape index (κ1) is 32.0. The smallest absolute Gasteiger partial charge is 0.366 e. The van der Waals surface area contributed by atoms with Gasteiger partial charge in [-0.05, 0) is 49.3 Å². The number of fused-ring (bicyclic) bond motifs is 1. The average molecular weight is 627 g/mol. The van der Waals surface area contributed by atoms with Crippen LogP contribution in [0.25, 0.3) is 11.0 Å². The van der Waals surface area contributed by atoms with Gasteiger partial charge < -0.3 is 23.8 Å². The van der Waals surface area contributed by atoms with E-state index < -0.39 is 20.3 Å². The number of benzene rings is 2. The third kappa shape index (κ3) is 7.18. The average Bonchev–Trinajstić information content (AvgIpc) is 3.54. The van der Waals surface area contributed by atoms with Crippen molar-refractivity contribution in [2.24, 2.45) is 0 Å². The fourth-order valence-electron chi connectivity index (χ4n) is 4.13. The van der Waals surface area contributed by atoms with E-state index >= 15 is 0 Å². The number of carbonyl (C=O) groups is 2. The number of rotatable bonds is 11. The molecule has 12 nitrogen and oxygen atoms in total. The van der Waals surface area contributed by atoms with Gasteiger partial charge in [-0.25, -0.2) is 4.79 Å². The lowest BCUT2D eigenvalue weighted by molar-refractivity contribution is -0.119. The van der Waals surface area contributed by atoms with E-state index in [2.05, 4.69) is 59.6 Å². The molecule has 0 fully saturated rings. The summed E-state index contributed by atoms with van der Waals surface area (Å²) in [6.07, 6.45) is 0. The largest absolute Gasteiger partial charge is 0.543 e. The van der Waals surface area contributed by atoms with Crippen molar-refractivity contribution < 1.29 is 28.1 Å². The highest BCUT2D eigenvalue weighted by molar-refractivity contribution is 7.98. The second-order valence-corrected chi connectivity index (χ2v) is 17.5. The first-order valence-electron chi connectivity index (χ1n) is 13.8. The molecule has 0 radical (unpaired) electrons. The number of carbonyl (C=O) groups excluding carboxylic acids is 2. The Morgan fingerprint density at radius 1 is 1.16 bits per heavy atom. The molecule has 0 spiro atoms. The lowest BCUT2D eigenvalue weighted by Crippen LogP contribution is -2.44. The van der Waals surface area contributed by atoms with E-state index in [-0.39, 0.29) is 10.9 Å². The van der Waals surface area contributed by atoms with Gasteiger partial charge in [-0.1, -0.05) is 42.9 Å². The van der Waals surface area contributed by atoms with Gasteiger partial charge in [0.25, 0.3) is 0 Å². The number of nitrogens with zero attached hydrogens (tertiary/aromatic N) is 5. The Hall–Kier alpha value is -3.91. The standard InChI is InChI=1S/C29H38N6O6SSi/c1-17-24(38-7)14-25(41-43(8,9)29(4,5)6)20(15-42-16-22(31-19(3)36)27-30-18(2)33-39-27)26(17)28(37)40-35-23-13-11-10-12-21(23)32-34-35/h10-14,22H,15-16H2,1-9H3,(H,31,36)/t22-/m0/s1. The molecular formula is C29H38N6O6SSi. The highest BCUT2D eigenvalue weighted by Gasteiger charge is 2.40. The zero-order chi connectivity index (χ0) is 31.5. The van der Waals surface area contributed by atoms with Crippen molar-refractivity contribution in [3.63, 3.8) is 0 Å². The van der Waals surface area contributed by atoms with Crippen molar-refractivity contribution in [1.82, 2.24) is 30.6 Å². The second kappa shape index (κ2) is 12.8. The molecule has 0 saturated carbocycles. The lowest BCUT2D eigenvalue weighted by atomic mass is 10.0. The molecule has 14 heteroatoms. The zero-order valence-corrected chi connectivity index (χ0v) is 27.8. The summed E-state index contributed by atoms with van der Waals surface area (Å²) >= 11 is 1.48. The predicted octanol–water partition coefficient (Wildman–Crippen LogP) is 5.20. The maximum absolute atomic E-state index is 13.9. The SMILES string of the molecule is COc1cc(O[Si](C)(C)C(C)(C)C)c(CSC[C@H](NC(C)=O)c2nc(C)no2)c(C(=O)On2nnc3ccccc32)c1C. The van der Waals surface area contributed by atoms with Gasteiger partial charge in [0, 0.05) is 35.6 Å².